The standard InChI is InChI=1S/C26H25N3O4/c1-17-10-12-20(13-11-17)29-16-21(24(28-29)18-8-6-5-7-9-18)26(30)27-19-14-22(31-2)25(33-4)23(15-19)32-3/h5-16H,1-4H3,(H,27,30). The first kappa shape index (κ1) is 22.0. The van der Waals surface area contributed by atoms with Crippen molar-refractivity contribution in [3.63, 3.8) is 0 Å². The number of carbonyl (C=O) groups excluding carboxylic acids is 1. The molecule has 0 aliphatic rings. The van der Waals surface area contributed by atoms with Crippen LogP contribution in [0.5, 0.6) is 17.2 Å². The number of benzene rings is 3. The predicted octanol–water partition coefficient (Wildman–Crippen LogP) is 5.13. The fraction of sp³-hybridized carbons (Fsp3) is 0.154. The van der Waals surface area contributed by atoms with Gasteiger partial charge >= 0.3 is 0 Å². The van der Waals surface area contributed by atoms with Crippen molar-refractivity contribution in [1.82, 2.24) is 9.78 Å². The van der Waals surface area contributed by atoms with Crippen molar-refractivity contribution in [1.29, 1.82) is 0 Å². The molecule has 4 aromatic rings. The number of nitrogens with one attached hydrogen (secondary N) is 1. The average molecular weight is 444 g/mol. The van der Waals surface area contributed by atoms with Crippen LogP contribution < -0.4 is 19.5 Å². The molecule has 0 fully saturated rings. The van der Waals surface area contributed by atoms with Crippen LogP contribution in [0.4, 0.5) is 5.69 Å². The molecule has 7 nitrogen and oxygen atoms in total. The maximum Gasteiger partial charge on any atom is 0.259 e. The van der Waals surface area contributed by atoms with Gasteiger partial charge < -0.3 is 19.5 Å². The Kier molecular flexibility index (Phi) is 6.31. The van der Waals surface area contributed by atoms with Crippen LogP contribution in [0.1, 0.15) is 15.9 Å². The molecule has 1 aromatic heterocycles. The van der Waals surface area contributed by atoms with Gasteiger partial charge in [0.25, 0.3) is 5.91 Å². The van der Waals surface area contributed by atoms with E-state index in [0.29, 0.717) is 34.2 Å². The van der Waals surface area contributed by atoms with E-state index in [9.17, 15) is 4.79 Å². The molecule has 1 amide bonds. The Morgan fingerprint density at radius 2 is 1.52 bits per heavy atom. The Morgan fingerprint density at radius 1 is 0.879 bits per heavy atom. The van der Waals surface area contributed by atoms with Gasteiger partial charge in [0, 0.05) is 29.6 Å². The summed E-state index contributed by atoms with van der Waals surface area (Å²) in [6, 6.07) is 21.0. The van der Waals surface area contributed by atoms with E-state index in [1.807, 2.05) is 61.5 Å². The monoisotopic (exact) mass is 443 g/mol. The van der Waals surface area contributed by atoms with Gasteiger partial charge in [-0.25, -0.2) is 4.68 Å². The number of rotatable bonds is 7. The highest BCUT2D eigenvalue weighted by Crippen LogP contribution is 2.40. The number of hydrogen-bond acceptors (Lipinski definition) is 5. The van der Waals surface area contributed by atoms with Crippen LogP contribution in [0.2, 0.25) is 0 Å². The van der Waals surface area contributed by atoms with E-state index in [1.165, 1.54) is 21.3 Å². The molecule has 0 bridgehead atoms. The van der Waals surface area contributed by atoms with Gasteiger partial charge in [-0.15, -0.1) is 0 Å². The van der Waals surface area contributed by atoms with E-state index in [0.717, 1.165) is 16.8 Å². The van der Waals surface area contributed by atoms with Crippen molar-refractivity contribution in [2.45, 2.75) is 6.92 Å². The van der Waals surface area contributed by atoms with Crippen LogP contribution in [0.25, 0.3) is 16.9 Å². The lowest BCUT2D eigenvalue weighted by Crippen LogP contribution is -2.12. The Morgan fingerprint density at radius 3 is 2.09 bits per heavy atom. The molecule has 0 saturated heterocycles. The minimum atomic E-state index is -0.304. The molecule has 1 heterocycles. The summed E-state index contributed by atoms with van der Waals surface area (Å²) in [4.78, 5) is 13.4. The third-order valence-corrected chi connectivity index (χ3v) is 5.23. The zero-order valence-corrected chi connectivity index (χ0v) is 19.0. The third-order valence-electron chi connectivity index (χ3n) is 5.23. The average Bonchev–Trinajstić information content (AvgIpc) is 3.30. The molecule has 0 saturated carbocycles. The number of amides is 1. The van der Waals surface area contributed by atoms with E-state index in [-0.39, 0.29) is 5.91 Å². The Labute approximate surface area is 192 Å². The highest BCUT2D eigenvalue weighted by atomic mass is 16.5. The number of hydrogen-bond donors (Lipinski definition) is 1. The van der Waals surface area contributed by atoms with Crippen LogP contribution in [0.15, 0.2) is 72.9 Å². The smallest absolute Gasteiger partial charge is 0.259 e. The molecule has 3 aromatic carbocycles. The van der Waals surface area contributed by atoms with Crippen LogP contribution in [0, 0.1) is 6.92 Å². The molecule has 0 spiro atoms. The van der Waals surface area contributed by atoms with Gasteiger partial charge in [-0.3, -0.25) is 4.79 Å². The number of aromatic nitrogens is 2. The molecule has 0 aliphatic heterocycles. The van der Waals surface area contributed by atoms with Gasteiger partial charge in [-0.05, 0) is 19.1 Å². The van der Waals surface area contributed by atoms with Crippen molar-refractivity contribution in [2.75, 3.05) is 26.6 Å². The Balaban J connectivity index is 1.75. The number of methoxy groups -OCH3 is 3. The summed E-state index contributed by atoms with van der Waals surface area (Å²) in [5.41, 5.74) is 4.39. The van der Waals surface area contributed by atoms with Crippen molar-refractivity contribution < 1.29 is 19.0 Å². The first-order valence-electron chi connectivity index (χ1n) is 10.4. The molecule has 168 valence electrons. The van der Waals surface area contributed by atoms with Crippen LogP contribution in [0.3, 0.4) is 0 Å². The molecular weight excluding hydrogens is 418 g/mol. The second-order valence-electron chi connectivity index (χ2n) is 7.41. The summed E-state index contributed by atoms with van der Waals surface area (Å²) >= 11 is 0. The van der Waals surface area contributed by atoms with Crippen molar-refractivity contribution in [3.8, 4) is 34.2 Å². The van der Waals surface area contributed by atoms with Crippen LogP contribution in [-0.4, -0.2) is 37.0 Å². The summed E-state index contributed by atoms with van der Waals surface area (Å²) in [6.45, 7) is 2.03. The predicted molar refractivity (Wildman–Crippen MR) is 128 cm³/mol. The van der Waals surface area contributed by atoms with Gasteiger partial charge in [0.05, 0.1) is 32.6 Å². The zero-order valence-electron chi connectivity index (χ0n) is 19.0. The summed E-state index contributed by atoms with van der Waals surface area (Å²) < 4.78 is 17.9. The lowest BCUT2D eigenvalue weighted by Gasteiger charge is -2.14. The minimum absolute atomic E-state index is 0.304. The number of ether oxygens (including phenoxy) is 3. The lowest BCUT2D eigenvalue weighted by atomic mass is 10.1. The van der Waals surface area contributed by atoms with Crippen molar-refractivity contribution >= 4 is 11.6 Å². The summed E-state index contributed by atoms with van der Waals surface area (Å²) in [7, 11) is 4.59. The molecule has 0 aliphatic carbocycles. The minimum Gasteiger partial charge on any atom is -0.493 e. The fourth-order valence-corrected chi connectivity index (χ4v) is 3.53. The van der Waals surface area contributed by atoms with Gasteiger partial charge in [0.2, 0.25) is 5.75 Å². The van der Waals surface area contributed by atoms with Crippen LogP contribution in [-0.2, 0) is 0 Å². The molecule has 1 N–H and O–H groups in total. The first-order valence-corrected chi connectivity index (χ1v) is 10.4. The highest BCUT2D eigenvalue weighted by molar-refractivity contribution is 6.08. The fourth-order valence-electron chi connectivity index (χ4n) is 3.53. The molecule has 0 radical (unpaired) electrons. The molecule has 0 atom stereocenters. The molecule has 7 heteroatoms. The molecule has 4 rings (SSSR count). The van der Waals surface area contributed by atoms with Crippen molar-refractivity contribution in [3.05, 3.63) is 84.1 Å². The quantitative estimate of drug-likeness (QED) is 0.429. The maximum atomic E-state index is 13.4. The lowest BCUT2D eigenvalue weighted by molar-refractivity contribution is 0.102. The molecular formula is C26H25N3O4. The van der Waals surface area contributed by atoms with Gasteiger partial charge in [0.1, 0.15) is 5.69 Å². The largest absolute Gasteiger partial charge is 0.493 e. The summed E-state index contributed by atoms with van der Waals surface area (Å²) in [6.07, 6.45) is 1.74. The number of nitrogens with zero attached hydrogens (tertiary/aromatic N) is 2. The van der Waals surface area contributed by atoms with Gasteiger partial charge in [-0.1, -0.05) is 48.0 Å². The van der Waals surface area contributed by atoms with Crippen LogP contribution >= 0.6 is 0 Å². The second kappa shape index (κ2) is 9.48. The van der Waals surface area contributed by atoms with E-state index in [1.54, 1.807) is 23.0 Å². The topological polar surface area (TPSA) is 74.6 Å². The SMILES string of the molecule is COc1cc(NC(=O)c2cn(-c3ccc(C)cc3)nc2-c2ccccc2)cc(OC)c1OC. The molecule has 0 unspecified atom stereocenters. The molecule has 33 heavy (non-hydrogen) atoms. The second-order valence-corrected chi connectivity index (χ2v) is 7.41. The number of aryl methyl sites for hydroxylation is 1. The Bertz CT molecular complexity index is 1240. The van der Waals surface area contributed by atoms with E-state index < -0.39 is 0 Å². The normalized spacial score (nSPS) is 10.5. The third kappa shape index (κ3) is 4.52. The first-order chi connectivity index (χ1) is 16.0. The van der Waals surface area contributed by atoms with Gasteiger partial charge in [0.15, 0.2) is 11.5 Å². The van der Waals surface area contributed by atoms with Gasteiger partial charge in [-0.2, -0.15) is 5.10 Å². The van der Waals surface area contributed by atoms with E-state index in [2.05, 4.69) is 5.32 Å². The Hall–Kier alpha value is -4.26. The zero-order chi connectivity index (χ0) is 23.4. The summed E-state index contributed by atoms with van der Waals surface area (Å²) in [5, 5.41) is 7.66. The number of carbonyl (C=O) groups is 1. The number of anilines is 1. The van der Waals surface area contributed by atoms with E-state index in [4.69, 9.17) is 19.3 Å². The highest BCUT2D eigenvalue weighted by Gasteiger charge is 2.20. The maximum absolute atomic E-state index is 13.4. The van der Waals surface area contributed by atoms with Crippen molar-refractivity contribution in [2.24, 2.45) is 0 Å². The summed E-state index contributed by atoms with van der Waals surface area (Å²) in [5.74, 6) is 1.05. The van der Waals surface area contributed by atoms with E-state index >= 15 is 0 Å².